The highest BCUT2D eigenvalue weighted by Gasteiger charge is 2.18. The van der Waals surface area contributed by atoms with Crippen molar-refractivity contribution in [2.45, 2.75) is 6.92 Å². The summed E-state index contributed by atoms with van der Waals surface area (Å²) in [4.78, 5) is 1.03. The van der Waals surface area contributed by atoms with Gasteiger partial charge in [0.05, 0.1) is 5.56 Å². The van der Waals surface area contributed by atoms with Gasteiger partial charge in [0.15, 0.2) is 0 Å². The Morgan fingerprint density at radius 3 is 2.75 bits per heavy atom. The SMILES string of the molecule is Cc1cc(F)cc(-c2nn(C)c(N)c2-c2cccs2)c1. The standard InChI is InChI=1S/C15H14FN3S/c1-9-6-10(8-11(16)7-9)14-13(12-4-3-5-20-12)15(17)19(2)18-14/h3-8H,17H2,1-2H3. The zero-order valence-corrected chi connectivity index (χ0v) is 12.0. The smallest absolute Gasteiger partial charge is 0.130 e. The van der Waals surface area contributed by atoms with E-state index in [1.807, 2.05) is 30.5 Å². The zero-order valence-electron chi connectivity index (χ0n) is 11.2. The monoisotopic (exact) mass is 287 g/mol. The third kappa shape index (κ3) is 2.10. The number of thiophene rings is 1. The van der Waals surface area contributed by atoms with Crippen LogP contribution in [0.4, 0.5) is 10.2 Å². The molecule has 0 aliphatic rings. The van der Waals surface area contributed by atoms with Crippen molar-refractivity contribution in [3.63, 3.8) is 0 Å². The van der Waals surface area contributed by atoms with E-state index in [2.05, 4.69) is 5.10 Å². The van der Waals surface area contributed by atoms with E-state index < -0.39 is 0 Å². The molecule has 0 amide bonds. The number of nitrogens with two attached hydrogens (primary N) is 1. The maximum Gasteiger partial charge on any atom is 0.130 e. The van der Waals surface area contributed by atoms with E-state index in [4.69, 9.17) is 5.73 Å². The van der Waals surface area contributed by atoms with Gasteiger partial charge in [0.25, 0.3) is 0 Å². The lowest BCUT2D eigenvalue weighted by molar-refractivity contribution is 0.627. The molecule has 2 N–H and O–H groups in total. The molecule has 0 fully saturated rings. The normalized spacial score (nSPS) is 10.9. The molecule has 0 aliphatic heterocycles. The van der Waals surface area contributed by atoms with E-state index in [1.165, 1.54) is 12.1 Å². The minimum atomic E-state index is -0.263. The number of nitrogens with zero attached hydrogens (tertiary/aromatic N) is 2. The molecule has 0 saturated carbocycles. The lowest BCUT2D eigenvalue weighted by atomic mass is 10.0. The van der Waals surface area contributed by atoms with Crippen molar-refractivity contribution in [3.05, 3.63) is 47.1 Å². The Balaban J connectivity index is 2.26. The van der Waals surface area contributed by atoms with E-state index >= 15 is 0 Å². The lowest BCUT2D eigenvalue weighted by Crippen LogP contribution is -1.97. The summed E-state index contributed by atoms with van der Waals surface area (Å²) in [7, 11) is 1.79. The first kappa shape index (κ1) is 12.9. The highest BCUT2D eigenvalue weighted by Crippen LogP contribution is 2.38. The average molecular weight is 287 g/mol. The van der Waals surface area contributed by atoms with Crippen molar-refractivity contribution in [1.29, 1.82) is 0 Å². The zero-order chi connectivity index (χ0) is 14.3. The predicted octanol–water partition coefficient (Wildman–Crippen LogP) is 3.85. The Bertz CT molecular complexity index is 740. The second-order valence-electron chi connectivity index (χ2n) is 4.73. The molecule has 3 nitrogen and oxygen atoms in total. The van der Waals surface area contributed by atoms with Crippen LogP contribution in [-0.4, -0.2) is 9.78 Å². The number of hydrogen-bond acceptors (Lipinski definition) is 3. The molecule has 0 spiro atoms. The molecule has 0 unspecified atom stereocenters. The van der Waals surface area contributed by atoms with Gasteiger partial charge in [0.2, 0.25) is 0 Å². The summed E-state index contributed by atoms with van der Waals surface area (Å²) in [5.41, 5.74) is 9.32. The minimum absolute atomic E-state index is 0.263. The van der Waals surface area contributed by atoms with E-state index in [9.17, 15) is 4.39 Å². The van der Waals surface area contributed by atoms with Gasteiger partial charge in [0, 0.05) is 17.5 Å². The van der Waals surface area contributed by atoms with Crippen LogP contribution >= 0.6 is 11.3 Å². The van der Waals surface area contributed by atoms with Crippen molar-refractivity contribution in [2.24, 2.45) is 7.05 Å². The largest absolute Gasteiger partial charge is 0.383 e. The molecule has 1 aromatic carbocycles. The molecule has 5 heteroatoms. The summed E-state index contributed by atoms with van der Waals surface area (Å²) in [5.74, 6) is 0.325. The summed E-state index contributed by atoms with van der Waals surface area (Å²) in [6.45, 7) is 1.86. The van der Waals surface area contributed by atoms with Crippen molar-refractivity contribution in [3.8, 4) is 21.7 Å². The fourth-order valence-electron chi connectivity index (χ4n) is 2.28. The lowest BCUT2D eigenvalue weighted by Gasteiger charge is -2.03. The summed E-state index contributed by atoms with van der Waals surface area (Å²) in [5, 5.41) is 6.44. The number of anilines is 1. The first-order chi connectivity index (χ1) is 9.56. The first-order valence-electron chi connectivity index (χ1n) is 6.20. The van der Waals surface area contributed by atoms with Gasteiger partial charge in [-0.25, -0.2) is 4.39 Å². The molecule has 0 bridgehead atoms. The van der Waals surface area contributed by atoms with Crippen molar-refractivity contribution < 1.29 is 4.39 Å². The highest BCUT2D eigenvalue weighted by molar-refractivity contribution is 7.13. The number of benzene rings is 1. The average Bonchev–Trinajstić information content (AvgIpc) is 2.98. The van der Waals surface area contributed by atoms with Gasteiger partial charge in [-0.2, -0.15) is 5.10 Å². The van der Waals surface area contributed by atoms with Crippen LogP contribution in [0.5, 0.6) is 0 Å². The van der Waals surface area contributed by atoms with E-state index in [0.29, 0.717) is 5.82 Å². The summed E-state index contributed by atoms with van der Waals surface area (Å²) in [6, 6.07) is 8.87. The fourth-order valence-corrected chi connectivity index (χ4v) is 3.06. The quantitative estimate of drug-likeness (QED) is 0.778. The number of rotatable bonds is 2. The molecule has 0 saturated heterocycles. The Morgan fingerprint density at radius 2 is 2.10 bits per heavy atom. The molecule has 0 radical (unpaired) electrons. The molecule has 3 aromatic rings. The van der Waals surface area contributed by atoms with E-state index in [1.54, 1.807) is 23.1 Å². The van der Waals surface area contributed by atoms with Gasteiger partial charge < -0.3 is 5.73 Å². The molecule has 102 valence electrons. The van der Waals surface area contributed by atoms with Gasteiger partial charge >= 0.3 is 0 Å². The van der Waals surface area contributed by atoms with Crippen molar-refractivity contribution in [2.75, 3.05) is 5.73 Å². The van der Waals surface area contributed by atoms with Crippen LogP contribution in [0.2, 0.25) is 0 Å². The van der Waals surface area contributed by atoms with Gasteiger partial charge in [-0.1, -0.05) is 6.07 Å². The number of nitrogen functional groups attached to an aromatic ring is 1. The van der Waals surface area contributed by atoms with E-state index in [-0.39, 0.29) is 5.82 Å². The number of aromatic nitrogens is 2. The van der Waals surface area contributed by atoms with Crippen LogP contribution in [0.3, 0.4) is 0 Å². The molecule has 20 heavy (non-hydrogen) atoms. The molecule has 0 aliphatic carbocycles. The summed E-state index contributed by atoms with van der Waals surface area (Å²) >= 11 is 1.59. The van der Waals surface area contributed by atoms with Crippen molar-refractivity contribution in [1.82, 2.24) is 9.78 Å². The van der Waals surface area contributed by atoms with Gasteiger partial charge in [-0.3, -0.25) is 4.68 Å². The summed E-state index contributed by atoms with van der Waals surface area (Å²) in [6.07, 6.45) is 0. The Labute approximate surface area is 120 Å². The number of halogens is 1. The predicted molar refractivity (Wildman–Crippen MR) is 81.1 cm³/mol. The van der Waals surface area contributed by atoms with Crippen LogP contribution < -0.4 is 5.73 Å². The van der Waals surface area contributed by atoms with Crippen LogP contribution in [0.1, 0.15) is 5.56 Å². The number of hydrogen-bond donors (Lipinski definition) is 1. The number of aryl methyl sites for hydroxylation is 2. The van der Waals surface area contributed by atoms with Gasteiger partial charge in [0.1, 0.15) is 17.3 Å². The fraction of sp³-hybridized carbons (Fsp3) is 0.133. The Morgan fingerprint density at radius 1 is 1.30 bits per heavy atom. The van der Waals surface area contributed by atoms with Crippen LogP contribution in [0.15, 0.2) is 35.7 Å². The third-order valence-electron chi connectivity index (χ3n) is 3.17. The van der Waals surface area contributed by atoms with Crippen LogP contribution in [-0.2, 0) is 7.05 Å². The molecule has 3 rings (SSSR count). The van der Waals surface area contributed by atoms with Crippen molar-refractivity contribution >= 4 is 17.2 Å². The molecular weight excluding hydrogens is 273 g/mol. The van der Waals surface area contributed by atoms with Crippen LogP contribution in [0, 0.1) is 12.7 Å². The Kier molecular flexibility index (Phi) is 3.06. The Hall–Kier alpha value is -2.14. The van der Waals surface area contributed by atoms with Crippen LogP contribution in [0.25, 0.3) is 21.7 Å². The second kappa shape index (κ2) is 4.76. The minimum Gasteiger partial charge on any atom is -0.383 e. The second-order valence-corrected chi connectivity index (χ2v) is 5.67. The summed E-state index contributed by atoms with van der Waals surface area (Å²) < 4.78 is 15.3. The third-order valence-corrected chi connectivity index (χ3v) is 4.06. The molecule has 2 aromatic heterocycles. The maximum atomic E-state index is 13.6. The van der Waals surface area contributed by atoms with E-state index in [0.717, 1.165) is 27.3 Å². The maximum absolute atomic E-state index is 13.6. The topological polar surface area (TPSA) is 43.8 Å². The van der Waals surface area contributed by atoms with Gasteiger partial charge in [-0.05, 0) is 42.1 Å². The van der Waals surface area contributed by atoms with Gasteiger partial charge in [-0.15, -0.1) is 11.3 Å². The molecule has 2 heterocycles. The first-order valence-corrected chi connectivity index (χ1v) is 7.08. The molecular formula is C15H14FN3S. The molecule has 0 atom stereocenters. The highest BCUT2D eigenvalue weighted by atomic mass is 32.1.